The first kappa shape index (κ1) is 17.2. The van der Waals surface area contributed by atoms with E-state index in [1.807, 2.05) is 6.07 Å². The van der Waals surface area contributed by atoms with E-state index in [4.69, 9.17) is 9.47 Å². The molecule has 0 aliphatic carbocycles. The molecule has 1 saturated heterocycles. The summed E-state index contributed by atoms with van der Waals surface area (Å²) in [5, 5.41) is 12.5. The van der Waals surface area contributed by atoms with E-state index in [-0.39, 0.29) is 18.9 Å². The van der Waals surface area contributed by atoms with Crippen molar-refractivity contribution in [3.05, 3.63) is 30.3 Å². The number of nitrogens with one attached hydrogen (secondary N) is 1. The Bertz CT molecular complexity index is 522. The van der Waals surface area contributed by atoms with Crippen LogP contribution < -0.4 is 10.1 Å². The topological polar surface area (TPSA) is 88.1 Å². The number of likely N-dealkylation sites (tertiary alicyclic amines) is 1. The Morgan fingerprint density at radius 1 is 1.35 bits per heavy atom. The SMILES string of the molecule is COCCCNC(=O)[C@@H]1C[C@@H](O)CN1C(=O)Oc1ccccc1. The Kier molecular flexibility index (Phi) is 6.37. The zero-order chi connectivity index (χ0) is 16.7. The highest BCUT2D eigenvalue weighted by Crippen LogP contribution is 2.20. The summed E-state index contributed by atoms with van der Waals surface area (Å²) in [6.45, 7) is 1.09. The van der Waals surface area contributed by atoms with Gasteiger partial charge in [0.05, 0.1) is 12.6 Å². The number of carbonyl (C=O) groups excluding carboxylic acids is 2. The molecular weight excluding hydrogens is 300 g/mol. The van der Waals surface area contributed by atoms with Gasteiger partial charge < -0.3 is 19.9 Å². The maximum atomic E-state index is 12.2. The summed E-state index contributed by atoms with van der Waals surface area (Å²) in [6, 6.07) is 7.91. The number of carbonyl (C=O) groups is 2. The second-order valence-corrected chi connectivity index (χ2v) is 5.38. The molecule has 2 rings (SSSR count). The van der Waals surface area contributed by atoms with Gasteiger partial charge in [0.2, 0.25) is 5.91 Å². The van der Waals surface area contributed by atoms with Gasteiger partial charge in [-0.25, -0.2) is 4.79 Å². The first-order valence-electron chi connectivity index (χ1n) is 7.60. The van der Waals surface area contributed by atoms with E-state index in [1.165, 1.54) is 4.90 Å². The van der Waals surface area contributed by atoms with E-state index in [0.717, 1.165) is 0 Å². The molecule has 1 aromatic carbocycles. The van der Waals surface area contributed by atoms with Crippen LogP contribution in [0.3, 0.4) is 0 Å². The van der Waals surface area contributed by atoms with Crippen LogP contribution >= 0.6 is 0 Å². The van der Waals surface area contributed by atoms with E-state index in [2.05, 4.69) is 5.32 Å². The van der Waals surface area contributed by atoms with Gasteiger partial charge in [-0.3, -0.25) is 9.69 Å². The average Bonchev–Trinajstić information content (AvgIpc) is 2.94. The second-order valence-electron chi connectivity index (χ2n) is 5.38. The molecule has 0 bridgehead atoms. The summed E-state index contributed by atoms with van der Waals surface area (Å²) in [5.41, 5.74) is 0. The lowest BCUT2D eigenvalue weighted by atomic mass is 10.2. The molecule has 0 radical (unpaired) electrons. The van der Waals surface area contributed by atoms with Gasteiger partial charge in [-0.15, -0.1) is 0 Å². The van der Waals surface area contributed by atoms with Gasteiger partial charge in [-0.2, -0.15) is 0 Å². The van der Waals surface area contributed by atoms with Gasteiger partial charge in [0.1, 0.15) is 11.8 Å². The number of benzene rings is 1. The minimum absolute atomic E-state index is 0.0851. The largest absolute Gasteiger partial charge is 0.416 e. The van der Waals surface area contributed by atoms with E-state index < -0.39 is 18.2 Å². The van der Waals surface area contributed by atoms with Crippen molar-refractivity contribution >= 4 is 12.0 Å². The molecule has 23 heavy (non-hydrogen) atoms. The normalized spacial score (nSPS) is 20.3. The summed E-state index contributed by atoms with van der Waals surface area (Å²) >= 11 is 0. The minimum atomic E-state index is -0.729. The zero-order valence-electron chi connectivity index (χ0n) is 13.1. The van der Waals surface area contributed by atoms with Crippen LogP contribution in [-0.4, -0.2) is 61.0 Å². The molecule has 0 saturated carbocycles. The summed E-state index contributed by atoms with van der Waals surface area (Å²) in [7, 11) is 1.59. The number of para-hydroxylation sites is 1. The molecule has 0 unspecified atom stereocenters. The Morgan fingerprint density at radius 3 is 2.78 bits per heavy atom. The van der Waals surface area contributed by atoms with Crippen molar-refractivity contribution in [2.24, 2.45) is 0 Å². The molecule has 7 heteroatoms. The first-order valence-corrected chi connectivity index (χ1v) is 7.60. The lowest BCUT2D eigenvalue weighted by molar-refractivity contribution is -0.125. The van der Waals surface area contributed by atoms with Gasteiger partial charge >= 0.3 is 6.09 Å². The quantitative estimate of drug-likeness (QED) is 0.756. The van der Waals surface area contributed by atoms with E-state index in [0.29, 0.717) is 25.3 Å². The summed E-state index contributed by atoms with van der Waals surface area (Å²) in [6.07, 6.45) is -0.468. The van der Waals surface area contributed by atoms with Crippen LogP contribution in [0.25, 0.3) is 0 Å². The predicted molar refractivity (Wildman–Crippen MR) is 83.1 cm³/mol. The number of nitrogens with zero attached hydrogens (tertiary/aromatic N) is 1. The minimum Gasteiger partial charge on any atom is -0.410 e. The van der Waals surface area contributed by atoms with Crippen LogP contribution in [-0.2, 0) is 9.53 Å². The van der Waals surface area contributed by atoms with Crippen molar-refractivity contribution in [1.82, 2.24) is 10.2 Å². The molecule has 7 nitrogen and oxygen atoms in total. The monoisotopic (exact) mass is 322 g/mol. The third-order valence-electron chi connectivity index (χ3n) is 3.59. The lowest BCUT2D eigenvalue weighted by Crippen LogP contribution is -2.47. The lowest BCUT2D eigenvalue weighted by Gasteiger charge is -2.22. The Labute approximate surface area is 135 Å². The van der Waals surface area contributed by atoms with Gasteiger partial charge in [0.15, 0.2) is 0 Å². The van der Waals surface area contributed by atoms with Crippen LogP contribution in [0.1, 0.15) is 12.8 Å². The molecule has 0 spiro atoms. The number of aliphatic hydroxyl groups excluding tert-OH is 1. The van der Waals surface area contributed by atoms with E-state index >= 15 is 0 Å². The van der Waals surface area contributed by atoms with Crippen LogP contribution in [0.5, 0.6) is 5.75 Å². The van der Waals surface area contributed by atoms with Gasteiger partial charge in [-0.1, -0.05) is 18.2 Å². The van der Waals surface area contributed by atoms with Crippen molar-refractivity contribution in [3.8, 4) is 5.75 Å². The number of hydrogen-bond acceptors (Lipinski definition) is 5. The molecule has 1 heterocycles. The van der Waals surface area contributed by atoms with Crippen molar-refractivity contribution in [3.63, 3.8) is 0 Å². The fraction of sp³-hybridized carbons (Fsp3) is 0.500. The highest BCUT2D eigenvalue weighted by atomic mass is 16.6. The molecular formula is C16H22N2O5. The van der Waals surface area contributed by atoms with E-state index in [1.54, 1.807) is 31.4 Å². The molecule has 126 valence electrons. The molecule has 2 atom stereocenters. The van der Waals surface area contributed by atoms with Crippen LogP contribution in [0.2, 0.25) is 0 Å². The molecule has 2 N–H and O–H groups in total. The van der Waals surface area contributed by atoms with Crippen LogP contribution in [0.4, 0.5) is 4.79 Å². The summed E-state index contributed by atoms with van der Waals surface area (Å²) in [4.78, 5) is 25.7. The number of amides is 2. The maximum Gasteiger partial charge on any atom is 0.416 e. The number of ether oxygens (including phenoxy) is 2. The Hall–Kier alpha value is -2.12. The highest BCUT2D eigenvalue weighted by molar-refractivity contribution is 5.86. The number of rotatable bonds is 6. The number of hydrogen-bond donors (Lipinski definition) is 2. The number of aliphatic hydroxyl groups is 1. The average molecular weight is 322 g/mol. The first-order chi connectivity index (χ1) is 11.1. The zero-order valence-corrected chi connectivity index (χ0v) is 13.1. The van der Waals surface area contributed by atoms with Gasteiger partial charge in [-0.05, 0) is 18.6 Å². The van der Waals surface area contributed by atoms with E-state index in [9.17, 15) is 14.7 Å². The second kappa shape index (κ2) is 8.50. The van der Waals surface area contributed by atoms with Crippen LogP contribution in [0.15, 0.2) is 30.3 Å². The molecule has 1 aliphatic heterocycles. The van der Waals surface area contributed by atoms with Crippen molar-refractivity contribution < 1.29 is 24.2 Å². The molecule has 1 aliphatic rings. The third-order valence-corrected chi connectivity index (χ3v) is 3.59. The van der Waals surface area contributed by atoms with Gasteiger partial charge in [0, 0.05) is 26.7 Å². The molecule has 1 aromatic rings. The fourth-order valence-corrected chi connectivity index (χ4v) is 2.46. The fourth-order valence-electron chi connectivity index (χ4n) is 2.46. The highest BCUT2D eigenvalue weighted by Gasteiger charge is 2.39. The van der Waals surface area contributed by atoms with Crippen LogP contribution in [0, 0.1) is 0 Å². The van der Waals surface area contributed by atoms with Crippen molar-refractivity contribution in [2.45, 2.75) is 25.0 Å². The predicted octanol–water partition coefficient (Wildman–Crippen LogP) is 0.773. The van der Waals surface area contributed by atoms with Crippen molar-refractivity contribution in [2.75, 3.05) is 26.8 Å². The summed E-state index contributed by atoms with van der Waals surface area (Å²) < 4.78 is 10.2. The molecule has 1 fully saturated rings. The molecule has 2 amide bonds. The Balaban J connectivity index is 1.93. The maximum absolute atomic E-state index is 12.2. The van der Waals surface area contributed by atoms with Crippen molar-refractivity contribution in [1.29, 1.82) is 0 Å². The Morgan fingerprint density at radius 2 is 2.09 bits per heavy atom. The third kappa shape index (κ3) is 4.94. The summed E-state index contributed by atoms with van der Waals surface area (Å²) in [5.74, 6) is 0.112. The molecule has 0 aromatic heterocycles. The smallest absolute Gasteiger partial charge is 0.410 e. The van der Waals surface area contributed by atoms with Gasteiger partial charge in [0.25, 0.3) is 0 Å². The standard InChI is InChI=1S/C16H22N2O5/c1-22-9-5-8-17-15(20)14-10-12(19)11-18(14)16(21)23-13-6-3-2-4-7-13/h2-4,6-7,12,14,19H,5,8-11H2,1H3,(H,17,20)/t12-,14+/m1/s1. The number of β-amino-alcohol motifs (C(OH)–C–C–N with tert-alkyl or cyclic N) is 1. The number of methoxy groups -OCH3 is 1.